The fraction of sp³-hybridized carbons (Fsp3) is 0.235. The van der Waals surface area contributed by atoms with Crippen LogP contribution in [0.2, 0.25) is 0 Å². The van der Waals surface area contributed by atoms with Gasteiger partial charge in [0.1, 0.15) is 5.82 Å². The maximum atomic E-state index is 14.0. The number of carbonyl (C=O) groups is 1. The van der Waals surface area contributed by atoms with Gasteiger partial charge in [0.05, 0.1) is 11.7 Å². The van der Waals surface area contributed by atoms with Crippen LogP contribution in [-0.4, -0.2) is 17.5 Å². The minimum atomic E-state index is -0.256. The molecule has 22 heavy (non-hydrogen) atoms. The van der Waals surface area contributed by atoms with Crippen molar-refractivity contribution in [3.63, 3.8) is 0 Å². The molecule has 0 aliphatic carbocycles. The van der Waals surface area contributed by atoms with E-state index in [4.69, 9.17) is 0 Å². The molecule has 2 aromatic carbocycles. The summed E-state index contributed by atoms with van der Waals surface area (Å²) in [5.74, 6) is -0.256. The summed E-state index contributed by atoms with van der Waals surface area (Å²) in [5, 5.41) is 2.89. The lowest BCUT2D eigenvalue weighted by molar-refractivity contribution is 0.206. The predicted octanol–water partition coefficient (Wildman–Crippen LogP) is 4.96. The van der Waals surface area contributed by atoms with E-state index in [2.05, 4.69) is 21.2 Å². The van der Waals surface area contributed by atoms with Crippen molar-refractivity contribution < 1.29 is 9.18 Å². The lowest BCUT2D eigenvalue weighted by atomic mass is 10.0. The molecule has 1 N–H and O–H groups in total. The molecular weight excluding hydrogens is 347 g/mol. The van der Waals surface area contributed by atoms with Crippen LogP contribution < -0.4 is 5.32 Å². The third kappa shape index (κ3) is 2.99. The van der Waals surface area contributed by atoms with Crippen LogP contribution in [0.4, 0.5) is 14.9 Å². The van der Waals surface area contributed by atoms with Crippen LogP contribution in [0.25, 0.3) is 0 Å². The highest BCUT2D eigenvalue weighted by Crippen LogP contribution is 2.34. The molecule has 1 aliphatic rings. The van der Waals surface area contributed by atoms with Crippen molar-refractivity contribution in [2.45, 2.75) is 18.9 Å². The summed E-state index contributed by atoms with van der Waals surface area (Å²) in [5.41, 5.74) is 1.30. The molecule has 1 heterocycles. The summed E-state index contributed by atoms with van der Waals surface area (Å²) >= 11 is 3.41. The van der Waals surface area contributed by atoms with Gasteiger partial charge in [0.2, 0.25) is 0 Å². The molecule has 1 atom stereocenters. The quantitative estimate of drug-likeness (QED) is 0.804. The van der Waals surface area contributed by atoms with Gasteiger partial charge < -0.3 is 10.2 Å². The molecule has 3 rings (SSSR count). The number of para-hydroxylation sites is 1. The Hall–Kier alpha value is -1.88. The molecule has 0 bridgehead atoms. The number of urea groups is 1. The summed E-state index contributed by atoms with van der Waals surface area (Å²) in [7, 11) is 0. The van der Waals surface area contributed by atoms with E-state index in [0.29, 0.717) is 17.8 Å². The number of likely N-dealkylation sites (tertiary alicyclic amines) is 1. The molecule has 0 spiro atoms. The number of rotatable bonds is 2. The zero-order valence-electron chi connectivity index (χ0n) is 11.9. The van der Waals surface area contributed by atoms with Gasteiger partial charge in [0, 0.05) is 16.6 Å². The van der Waals surface area contributed by atoms with Gasteiger partial charge in [-0.15, -0.1) is 0 Å². The largest absolute Gasteiger partial charge is 0.322 e. The highest BCUT2D eigenvalue weighted by molar-refractivity contribution is 9.10. The van der Waals surface area contributed by atoms with E-state index in [-0.39, 0.29) is 17.9 Å². The Balaban J connectivity index is 1.80. The highest BCUT2D eigenvalue weighted by atomic mass is 79.9. The molecule has 0 radical (unpaired) electrons. The Kier molecular flexibility index (Phi) is 4.43. The third-order valence-electron chi connectivity index (χ3n) is 3.89. The highest BCUT2D eigenvalue weighted by Gasteiger charge is 2.31. The van der Waals surface area contributed by atoms with E-state index in [1.54, 1.807) is 23.1 Å². The smallest absolute Gasteiger partial charge is 0.317 e. The van der Waals surface area contributed by atoms with Crippen LogP contribution in [-0.2, 0) is 0 Å². The number of nitrogens with zero attached hydrogens (tertiary/aromatic N) is 1. The second-order valence-electron chi connectivity index (χ2n) is 5.28. The van der Waals surface area contributed by atoms with Crippen molar-refractivity contribution in [1.82, 2.24) is 4.90 Å². The maximum Gasteiger partial charge on any atom is 0.322 e. The molecule has 1 saturated heterocycles. The first-order valence-corrected chi connectivity index (χ1v) is 8.02. The first-order valence-electron chi connectivity index (χ1n) is 7.23. The molecule has 1 fully saturated rings. The van der Waals surface area contributed by atoms with Crippen molar-refractivity contribution in [3.8, 4) is 0 Å². The summed E-state index contributed by atoms with van der Waals surface area (Å²) < 4.78 is 14.8. The van der Waals surface area contributed by atoms with Gasteiger partial charge in [-0.3, -0.25) is 0 Å². The van der Waals surface area contributed by atoms with Crippen molar-refractivity contribution in [1.29, 1.82) is 0 Å². The normalized spacial score (nSPS) is 17.5. The van der Waals surface area contributed by atoms with Crippen molar-refractivity contribution in [2.24, 2.45) is 0 Å². The second kappa shape index (κ2) is 6.48. The van der Waals surface area contributed by atoms with Crippen molar-refractivity contribution in [2.75, 3.05) is 11.9 Å². The molecular formula is C17H16BrFN2O. The molecule has 0 saturated carbocycles. The zero-order valence-corrected chi connectivity index (χ0v) is 13.5. The Labute approximate surface area is 137 Å². The van der Waals surface area contributed by atoms with Gasteiger partial charge >= 0.3 is 6.03 Å². The van der Waals surface area contributed by atoms with Gasteiger partial charge in [0.25, 0.3) is 0 Å². The number of benzene rings is 2. The number of hydrogen-bond donors (Lipinski definition) is 1. The van der Waals surface area contributed by atoms with Gasteiger partial charge in [-0.2, -0.15) is 0 Å². The predicted molar refractivity (Wildman–Crippen MR) is 88.2 cm³/mol. The zero-order chi connectivity index (χ0) is 15.5. The van der Waals surface area contributed by atoms with Crippen LogP contribution in [0.5, 0.6) is 0 Å². The third-order valence-corrected chi connectivity index (χ3v) is 4.58. The Morgan fingerprint density at radius 2 is 1.91 bits per heavy atom. The minimum absolute atomic E-state index is 0.197. The van der Waals surface area contributed by atoms with Gasteiger partial charge in [-0.05, 0) is 47.0 Å². The molecule has 2 aromatic rings. The van der Waals surface area contributed by atoms with Crippen LogP contribution >= 0.6 is 15.9 Å². The number of carbonyl (C=O) groups excluding carboxylic acids is 1. The van der Waals surface area contributed by atoms with E-state index in [0.717, 1.165) is 17.3 Å². The maximum absolute atomic E-state index is 14.0. The van der Waals surface area contributed by atoms with E-state index < -0.39 is 0 Å². The summed E-state index contributed by atoms with van der Waals surface area (Å²) in [6.07, 6.45) is 1.66. The Bertz CT molecular complexity index is 692. The van der Waals surface area contributed by atoms with E-state index in [1.807, 2.05) is 24.3 Å². The molecule has 114 valence electrons. The molecule has 3 nitrogen and oxygen atoms in total. The summed E-state index contributed by atoms with van der Waals surface area (Å²) in [6, 6.07) is 13.7. The molecule has 5 heteroatoms. The fourth-order valence-corrected chi connectivity index (χ4v) is 3.21. The molecule has 0 aromatic heterocycles. The van der Waals surface area contributed by atoms with Crippen LogP contribution in [0.1, 0.15) is 24.4 Å². The number of anilines is 1. The minimum Gasteiger partial charge on any atom is -0.317 e. The van der Waals surface area contributed by atoms with Gasteiger partial charge in [-0.25, -0.2) is 9.18 Å². The summed E-state index contributed by atoms with van der Waals surface area (Å²) in [6.45, 7) is 0.634. The monoisotopic (exact) mass is 362 g/mol. The lowest BCUT2D eigenvalue weighted by Gasteiger charge is -2.26. The average molecular weight is 363 g/mol. The number of amides is 2. The second-order valence-corrected chi connectivity index (χ2v) is 6.14. The number of nitrogens with one attached hydrogen (secondary N) is 1. The van der Waals surface area contributed by atoms with Crippen LogP contribution in [0.3, 0.4) is 0 Å². The Morgan fingerprint density at radius 1 is 1.18 bits per heavy atom. The Morgan fingerprint density at radius 3 is 2.68 bits per heavy atom. The first-order chi connectivity index (χ1) is 10.7. The molecule has 2 amide bonds. The topological polar surface area (TPSA) is 32.3 Å². The number of halogens is 2. The number of hydrogen-bond acceptors (Lipinski definition) is 1. The first kappa shape index (κ1) is 15.0. The van der Waals surface area contributed by atoms with E-state index in [1.165, 1.54) is 6.07 Å². The fourth-order valence-electron chi connectivity index (χ4n) is 2.83. The average Bonchev–Trinajstić information content (AvgIpc) is 2.99. The SMILES string of the molecule is O=C(Nc1ccccc1Br)N1CCC[C@@H]1c1ccccc1F. The molecule has 1 aliphatic heterocycles. The van der Waals surface area contributed by atoms with Crippen LogP contribution in [0, 0.1) is 5.82 Å². The standard InChI is InChI=1S/C17H16BrFN2O/c18-13-7-2-4-9-15(13)20-17(22)21-11-5-10-16(21)12-6-1-3-8-14(12)19/h1-4,6-9,16H,5,10-11H2,(H,20,22)/t16-/m1/s1. The van der Waals surface area contributed by atoms with Gasteiger partial charge in [0.15, 0.2) is 0 Å². The lowest BCUT2D eigenvalue weighted by Crippen LogP contribution is -2.34. The van der Waals surface area contributed by atoms with Crippen LogP contribution in [0.15, 0.2) is 53.0 Å². The molecule has 0 unspecified atom stereocenters. The van der Waals surface area contributed by atoms with Crippen molar-refractivity contribution >= 4 is 27.6 Å². The van der Waals surface area contributed by atoms with Crippen molar-refractivity contribution in [3.05, 3.63) is 64.4 Å². The van der Waals surface area contributed by atoms with E-state index >= 15 is 0 Å². The van der Waals surface area contributed by atoms with Gasteiger partial charge in [-0.1, -0.05) is 30.3 Å². The van der Waals surface area contributed by atoms with E-state index in [9.17, 15) is 9.18 Å². The summed E-state index contributed by atoms with van der Waals surface area (Å²) in [4.78, 5) is 14.2.